The summed E-state index contributed by atoms with van der Waals surface area (Å²) in [6.45, 7) is 0.802. The molecular formula is C37H50N3O2+. The molecule has 1 atom stereocenters. The third-order valence-electron chi connectivity index (χ3n) is 7.83. The molecule has 0 aliphatic heterocycles. The fourth-order valence-corrected chi connectivity index (χ4v) is 5.31. The standard InChI is InChI=1S/C36H46N3O2.CH4/c1-37(2)31-21-15-28(16-22-31)36(29-17-23-32(24-18-29)38(3)4)30-19-25-33(26-20-30)39(5)27-11-14-35(40)41-34-12-9-7-6-8-10-13-34;/h6-7,15-26,34H,8-14,27H2,1-5H3;1H4/q+1;/b7-6+;. The van der Waals surface area contributed by atoms with E-state index in [-0.39, 0.29) is 19.5 Å². The van der Waals surface area contributed by atoms with Crippen LogP contribution in [-0.2, 0) is 9.53 Å². The molecule has 0 fully saturated rings. The smallest absolute Gasteiger partial charge is 0.306 e. The van der Waals surface area contributed by atoms with Gasteiger partial charge in [0.15, 0.2) is 5.71 Å². The number of esters is 1. The van der Waals surface area contributed by atoms with Crippen LogP contribution in [0.5, 0.6) is 0 Å². The molecule has 5 heteroatoms. The van der Waals surface area contributed by atoms with Crippen molar-refractivity contribution < 1.29 is 14.1 Å². The predicted molar refractivity (Wildman–Crippen MR) is 180 cm³/mol. The summed E-state index contributed by atoms with van der Waals surface area (Å²) in [6, 6.07) is 17.5. The monoisotopic (exact) mass is 568 g/mol. The van der Waals surface area contributed by atoms with Gasteiger partial charge in [-0.05, 0) is 97.2 Å². The van der Waals surface area contributed by atoms with Crippen molar-refractivity contribution in [1.82, 2.24) is 0 Å². The minimum Gasteiger partial charge on any atom is -0.462 e. The van der Waals surface area contributed by atoms with Crippen molar-refractivity contribution in [3.63, 3.8) is 0 Å². The van der Waals surface area contributed by atoms with Gasteiger partial charge < -0.3 is 14.5 Å². The summed E-state index contributed by atoms with van der Waals surface area (Å²) < 4.78 is 7.90. The Morgan fingerprint density at radius 2 is 1.43 bits per heavy atom. The van der Waals surface area contributed by atoms with Crippen LogP contribution in [0.2, 0.25) is 0 Å². The van der Waals surface area contributed by atoms with Gasteiger partial charge in [-0.3, -0.25) is 4.79 Å². The highest BCUT2D eigenvalue weighted by atomic mass is 16.5. The zero-order chi connectivity index (χ0) is 29.2. The number of carbonyl (C=O) groups is 1. The van der Waals surface area contributed by atoms with Crippen molar-refractivity contribution in [3.05, 3.63) is 102 Å². The van der Waals surface area contributed by atoms with Crippen molar-refractivity contribution in [2.24, 2.45) is 0 Å². The van der Waals surface area contributed by atoms with Crippen LogP contribution in [0.15, 0.2) is 90.6 Å². The second kappa shape index (κ2) is 16.0. The number of ether oxygens (including phenoxy) is 1. The lowest BCUT2D eigenvalue weighted by molar-refractivity contribution is -0.462. The zero-order valence-corrected chi connectivity index (χ0v) is 25.5. The molecule has 1 unspecified atom stereocenters. The average molecular weight is 569 g/mol. The van der Waals surface area contributed by atoms with Gasteiger partial charge in [0.2, 0.25) is 0 Å². The molecule has 4 rings (SSSR count). The molecule has 224 valence electrons. The maximum absolute atomic E-state index is 12.5. The number of hydrogen-bond donors (Lipinski definition) is 0. The highest BCUT2D eigenvalue weighted by Gasteiger charge is 2.16. The summed E-state index contributed by atoms with van der Waals surface area (Å²) in [6.07, 6.45) is 19.6. The van der Waals surface area contributed by atoms with Gasteiger partial charge in [0, 0.05) is 57.6 Å². The SMILES string of the molecule is C.CN(C)c1ccc(C(=C2C=CC(=[N+](C)C)C=C2)c2ccc(N(C)CCCC(=O)OC3CC/C=C/CCC3)cc2)cc1. The topological polar surface area (TPSA) is 35.8 Å². The molecule has 2 aliphatic carbocycles. The Bertz CT molecular complexity index is 1310. The fraction of sp³-hybridized carbons (Fsp3) is 0.405. The Hall–Kier alpha value is -3.86. The van der Waals surface area contributed by atoms with Gasteiger partial charge in [0.05, 0.1) is 0 Å². The maximum Gasteiger partial charge on any atom is 0.306 e. The van der Waals surface area contributed by atoms with E-state index in [1.807, 2.05) is 0 Å². The number of carbonyl (C=O) groups excluding carboxylic acids is 1. The number of hydrogen-bond acceptors (Lipinski definition) is 4. The fourth-order valence-electron chi connectivity index (χ4n) is 5.31. The number of benzene rings is 2. The highest BCUT2D eigenvalue weighted by molar-refractivity contribution is 6.04. The lowest BCUT2D eigenvalue weighted by Crippen LogP contribution is -2.22. The van der Waals surface area contributed by atoms with E-state index in [1.54, 1.807) is 0 Å². The molecule has 0 bridgehead atoms. The third kappa shape index (κ3) is 9.07. The molecule has 2 aromatic carbocycles. The predicted octanol–water partition coefficient (Wildman–Crippen LogP) is 7.68. The molecule has 5 nitrogen and oxygen atoms in total. The van der Waals surface area contributed by atoms with Crippen LogP contribution >= 0.6 is 0 Å². The molecule has 0 aromatic heterocycles. The van der Waals surface area contributed by atoms with Gasteiger partial charge in [0.25, 0.3) is 0 Å². The van der Waals surface area contributed by atoms with E-state index in [0.717, 1.165) is 50.8 Å². The van der Waals surface area contributed by atoms with Crippen molar-refractivity contribution in [1.29, 1.82) is 0 Å². The van der Waals surface area contributed by atoms with Crippen molar-refractivity contribution in [2.75, 3.05) is 51.6 Å². The molecule has 0 N–H and O–H groups in total. The minimum atomic E-state index is -0.0666. The van der Waals surface area contributed by atoms with Gasteiger partial charge in [0.1, 0.15) is 20.2 Å². The van der Waals surface area contributed by atoms with Crippen LogP contribution < -0.4 is 9.80 Å². The molecule has 2 aliphatic rings. The largest absolute Gasteiger partial charge is 0.462 e. The molecule has 2 aromatic rings. The van der Waals surface area contributed by atoms with E-state index in [1.165, 1.54) is 33.7 Å². The van der Waals surface area contributed by atoms with E-state index in [4.69, 9.17) is 4.74 Å². The van der Waals surface area contributed by atoms with Gasteiger partial charge in [-0.2, -0.15) is 0 Å². The molecule has 0 heterocycles. The number of anilines is 2. The number of rotatable bonds is 9. The van der Waals surface area contributed by atoms with E-state index in [9.17, 15) is 4.79 Å². The van der Waals surface area contributed by atoms with Crippen LogP contribution in [0.3, 0.4) is 0 Å². The van der Waals surface area contributed by atoms with Crippen LogP contribution in [0.25, 0.3) is 5.57 Å². The van der Waals surface area contributed by atoms with Crippen molar-refractivity contribution >= 4 is 28.6 Å². The first-order chi connectivity index (χ1) is 19.8. The second-order valence-corrected chi connectivity index (χ2v) is 11.4. The van der Waals surface area contributed by atoms with Gasteiger partial charge in [-0.1, -0.05) is 43.8 Å². The maximum atomic E-state index is 12.5. The summed E-state index contributed by atoms with van der Waals surface area (Å²) in [7, 11) is 10.3. The molecule has 0 radical (unpaired) electrons. The van der Waals surface area contributed by atoms with Crippen LogP contribution in [0, 0.1) is 0 Å². The average Bonchev–Trinajstić information content (AvgIpc) is 2.95. The summed E-state index contributed by atoms with van der Waals surface area (Å²) in [5, 5.41) is 0. The minimum absolute atomic E-state index is 0. The molecule has 0 spiro atoms. The molecular weight excluding hydrogens is 518 g/mol. The van der Waals surface area contributed by atoms with Crippen molar-refractivity contribution in [2.45, 2.75) is 58.5 Å². The van der Waals surface area contributed by atoms with Crippen LogP contribution in [0.4, 0.5) is 11.4 Å². The summed E-state index contributed by atoms with van der Waals surface area (Å²) >= 11 is 0. The van der Waals surface area contributed by atoms with Crippen LogP contribution in [0.1, 0.15) is 63.5 Å². The normalized spacial score (nSPS) is 17.0. The Labute approximate surface area is 254 Å². The van der Waals surface area contributed by atoms with Crippen molar-refractivity contribution in [3.8, 4) is 0 Å². The summed E-state index contributed by atoms with van der Waals surface area (Å²) in [5.41, 5.74) is 8.26. The first kappa shape index (κ1) is 32.7. The number of nitrogens with zero attached hydrogens (tertiary/aromatic N) is 3. The second-order valence-electron chi connectivity index (χ2n) is 11.4. The molecule has 0 amide bonds. The van der Waals surface area contributed by atoms with Gasteiger partial charge in [-0.25, -0.2) is 4.58 Å². The zero-order valence-electron chi connectivity index (χ0n) is 25.5. The first-order valence-corrected chi connectivity index (χ1v) is 14.9. The van der Waals surface area contributed by atoms with Gasteiger partial charge in [-0.15, -0.1) is 0 Å². The Balaban J connectivity index is 0.00000484. The molecule has 42 heavy (non-hydrogen) atoms. The first-order valence-electron chi connectivity index (χ1n) is 14.9. The summed E-state index contributed by atoms with van der Waals surface area (Å²) in [5.74, 6) is -0.0666. The highest BCUT2D eigenvalue weighted by Crippen LogP contribution is 2.32. The third-order valence-corrected chi connectivity index (χ3v) is 7.83. The van der Waals surface area contributed by atoms with Gasteiger partial charge >= 0.3 is 5.97 Å². The molecule has 0 saturated heterocycles. The van der Waals surface area contributed by atoms with E-state index in [2.05, 4.69) is 135 Å². The van der Waals surface area contributed by atoms with Crippen LogP contribution in [-0.4, -0.2) is 64.1 Å². The Kier molecular flexibility index (Phi) is 12.4. The lowest BCUT2D eigenvalue weighted by Gasteiger charge is -2.21. The quantitative estimate of drug-likeness (QED) is 0.177. The Morgan fingerprint density at radius 1 is 0.833 bits per heavy atom. The van der Waals surface area contributed by atoms with E-state index < -0.39 is 0 Å². The number of allylic oxidation sites excluding steroid dienone is 7. The summed E-state index contributed by atoms with van der Waals surface area (Å²) in [4.78, 5) is 16.8. The Morgan fingerprint density at radius 3 is 2.02 bits per heavy atom. The van der Waals surface area contributed by atoms with E-state index >= 15 is 0 Å². The molecule has 0 saturated carbocycles. The van der Waals surface area contributed by atoms with E-state index in [0.29, 0.717) is 6.42 Å². The lowest BCUT2D eigenvalue weighted by atomic mass is 9.90.